The maximum Gasteiger partial charge on any atom is 0.164 e. The van der Waals surface area contributed by atoms with E-state index < -0.39 is 0 Å². The lowest BCUT2D eigenvalue weighted by atomic mass is 9.80. The Hall–Kier alpha value is -4.46. The molecule has 2 N–H and O–H groups in total. The summed E-state index contributed by atoms with van der Waals surface area (Å²) < 4.78 is 0. The van der Waals surface area contributed by atoms with Crippen LogP contribution in [-0.2, 0) is 12.8 Å². The molecule has 5 heterocycles. The Bertz CT molecular complexity index is 2000. The summed E-state index contributed by atoms with van der Waals surface area (Å²) in [7, 11) is 0. The number of aryl methyl sites for hydroxylation is 2. The summed E-state index contributed by atoms with van der Waals surface area (Å²) in [6.07, 6.45) is 8.81. The van der Waals surface area contributed by atoms with Crippen molar-refractivity contribution in [3.8, 4) is 22.8 Å². The van der Waals surface area contributed by atoms with E-state index in [-0.39, 0.29) is 11.8 Å². The van der Waals surface area contributed by atoms with Crippen LogP contribution in [0.25, 0.3) is 56.1 Å². The Morgan fingerprint density at radius 2 is 1.05 bits per heavy atom. The smallest absolute Gasteiger partial charge is 0.164 e. The number of aromatic amines is 2. The first-order valence-electron chi connectivity index (χ1n) is 14.5. The van der Waals surface area contributed by atoms with Crippen molar-refractivity contribution < 1.29 is 0 Å². The number of hydrogen-bond acceptors (Lipinski definition) is 6. The highest BCUT2D eigenvalue weighted by atomic mass is 15.1. The fourth-order valence-corrected chi connectivity index (χ4v) is 7.15. The molecule has 1 fully saturated rings. The number of rotatable bonds is 0. The molecule has 0 saturated heterocycles. The van der Waals surface area contributed by atoms with Gasteiger partial charge in [0, 0.05) is 44.9 Å². The van der Waals surface area contributed by atoms with E-state index in [1.807, 2.05) is 12.1 Å². The van der Waals surface area contributed by atoms with E-state index in [0.29, 0.717) is 11.6 Å². The molecule has 40 heavy (non-hydrogen) atoms. The average Bonchev–Trinajstić information content (AvgIpc) is 3.73. The summed E-state index contributed by atoms with van der Waals surface area (Å²) in [4.78, 5) is 37.9. The zero-order valence-electron chi connectivity index (χ0n) is 22.1. The number of H-pyrrole nitrogens is 2. The lowest BCUT2D eigenvalue weighted by Gasteiger charge is -2.23. The molecule has 0 amide bonds. The Kier molecular flexibility index (Phi) is 4.76. The topological polar surface area (TPSA) is 109 Å². The van der Waals surface area contributed by atoms with Crippen LogP contribution in [0.5, 0.6) is 0 Å². The third-order valence-electron chi connectivity index (χ3n) is 9.12. The highest BCUT2D eigenvalue weighted by Gasteiger charge is 2.37. The maximum atomic E-state index is 5.18. The molecule has 8 bridgehead atoms. The molecule has 1 unspecified atom stereocenters. The molecule has 2 aromatic carbocycles. The number of benzene rings is 2. The van der Waals surface area contributed by atoms with Crippen molar-refractivity contribution in [2.24, 2.45) is 0 Å². The van der Waals surface area contributed by atoms with Gasteiger partial charge in [-0.2, -0.15) is 0 Å². The SMILES string of the molecule is c1ccc2c(c1)-c1nc-2nc2[nH]c(nc3[nH]c(nc4nc(n1)C1CCCC[C@H]41)c1ccccc31)c1c2CCCC1. The van der Waals surface area contributed by atoms with Gasteiger partial charge in [0.2, 0.25) is 0 Å². The Labute approximate surface area is 230 Å². The largest absolute Gasteiger partial charge is 0.324 e. The summed E-state index contributed by atoms with van der Waals surface area (Å²) in [5.41, 5.74) is 7.90. The van der Waals surface area contributed by atoms with Crippen molar-refractivity contribution in [3.05, 3.63) is 71.3 Å². The zero-order valence-corrected chi connectivity index (χ0v) is 22.1. The predicted molar refractivity (Wildman–Crippen MR) is 155 cm³/mol. The van der Waals surface area contributed by atoms with Gasteiger partial charge < -0.3 is 9.97 Å². The van der Waals surface area contributed by atoms with Crippen molar-refractivity contribution >= 4 is 33.4 Å². The molecular weight excluding hydrogens is 496 g/mol. The van der Waals surface area contributed by atoms with Crippen molar-refractivity contribution in [3.63, 3.8) is 0 Å². The third kappa shape index (κ3) is 3.31. The van der Waals surface area contributed by atoms with E-state index in [4.69, 9.17) is 29.9 Å². The van der Waals surface area contributed by atoms with Gasteiger partial charge in [-0.25, -0.2) is 29.9 Å². The Morgan fingerprint density at radius 3 is 1.75 bits per heavy atom. The van der Waals surface area contributed by atoms with Gasteiger partial charge in [0.05, 0.1) is 0 Å². The van der Waals surface area contributed by atoms with Gasteiger partial charge in [0.1, 0.15) is 34.2 Å². The second-order valence-corrected chi connectivity index (χ2v) is 11.4. The Balaban J connectivity index is 1.45. The standard InChI is InChI=1S/C32H28N8/c1-2-10-18-17(9-1)25-33-26(18)38-28-21-13-5-6-14-22(21)30(35-28)40-32-24-16-8-7-15-23(24)31(36-32)39-29-20-12-4-3-11-19(20)27(34-29)37-25/h1-2,7-10,15-16,19-20H,3-6,11-14H2,(H2,33,34,35,36,37,38,39,40)/t19-,20?/m0/s1. The maximum absolute atomic E-state index is 5.18. The second kappa shape index (κ2) is 8.52. The van der Waals surface area contributed by atoms with Gasteiger partial charge in [-0.1, -0.05) is 61.4 Å². The van der Waals surface area contributed by atoms with Gasteiger partial charge in [0.15, 0.2) is 11.6 Å². The molecule has 0 spiro atoms. The Morgan fingerprint density at radius 1 is 0.500 bits per heavy atom. The third-order valence-corrected chi connectivity index (χ3v) is 9.12. The highest BCUT2D eigenvalue weighted by Crippen LogP contribution is 2.45. The summed E-state index contributed by atoms with van der Waals surface area (Å²) in [6.45, 7) is 0. The minimum Gasteiger partial charge on any atom is -0.324 e. The summed E-state index contributed by atoms with van der Waals surface area (Å²) in [6, 6.07) is 16.6. The van der Waals surface area contributed by atoms with Crippen LogP contribution in [0.3, 0.4) is 0 Å². The van der Waals surface area contributed by atoms with Crippen LogP contribution in [0.4, 0.5) is 0 Å². The van der Waals surface area contributed by atoms with Gasteiger partial charge in [-0.15, -0.1) is 0 Å². The molecular formula is C32H28N8. The van der Waals surface area contributed by atoms with Crippen LogP contribution in [0, 0.1) is 0 Å². The molecule has 2 aliphatic heterocycles. The van der Waals surface area contributed by atoms with E-state index >= 15 is 0 Å². The first-order valence-corrected chi connectivity index (χ1v) is 14.5. The van der Waals surface area contributed by atoms with Crippen LogP contribution in [-0.4, -0.2) is 39.9 Å². The number of nitrogens with one attached hydrogen (secondary N) is 2. The van der Waals surface area contributed by atoms with Crippen LogP contribution >= 0.6 is 0 Å². The first kappa shape index (κ1) is 22.4. The molecule has 0 radical (unpaired) electrons. The number of hydrogen-bond donors (Lipinski definition) is 2. The average molecular weight is 525 g/mol. The summed E-state index contributed by atoms with van der Waals surface area (Å²) in [5, 5.41) is 2.12. The van der Waals surface area contributed by atoms with Gasteiger partial charge in [0.25, 0.3) is 0 Å². The number of fused-ring (bicyclic) bond motifs is 20. The first-order chi connectivity index (χ1) is 19.8. The van der Waals surface area contributed by atoms with Gasteiger partial charge >= 0.3 is 0 Å². The molecule has 5 aromatic rings. The monoisotopic (exact) mass is 524 g/mol. The molecule has 9 rings (SSSR count). The molecule has 8 nitrogen and oxygen atoms in total. The van der Waals surface area contributed by atoms with E-state index in [0.717, 1.165) is 94.7 Å². The minimum atomic E-state index is 0.266. The van der Waals surface area contributed by atoms with Crippen molar-refractivity contribution in [2.45, 2.75) is 63.2 Å². The van der Waals surface area contributed by atoms with Crippen LogP contribution in [0.2, 0.25) is 0 Å². The molecule has 8 heteroatoms. The quantitative estimate of drug-likeness (QED) is 0.229. The van der Waals surface area contributed by atoms with Crippen LogP contribution in [0.15, 0.2) is 48.5 Å². The molecule has 196 valence electrons. The minimum absolute atomic E-state index is 0.266. The number of aromatic nitrogens is 8. The summed E-state index contributed by atoms with van der Waals surface area (Å²) in [5.74, 6) is 3.65. The second-order valence-electron chi connectivity index (χ2n) is 11.4. The fraction of sp³-hybridized carbons (Fsp3) is 0.312. The zero-order chi connectivity index (χ0) is 26.2. The van der Waals surface area contributed by atoms with Crippen molar-refractivity contribution in [2.75, 3.05) is 0 Å². The molecule has 2 aliphatic carbocycles. The number of nitrogens with zero attached hydrogens (tertiary/aromatic N) is 6. The molecule has 2 atom stereocenters. The predicted octanol–water partition coefficient (Wildman–Crippen LogP) is 6.70. The van der Waals surface area contributed by atoms with Crippen LogP contribution < -0.4 is 0 Å². The van der Waals surface area contributed by atoms with E-state index in [2.05, 4.69) is 46.4 Å². The summed E-state index contributed by atoms with van der Waals surface area (Å²) >= 11 is 0. The lowest BCUT2D eigenvalue weighted by molar-refractivity contribution is 0.391. The van der Waals surface area contributed by atoms with Crippen LogP contribution in [0.1, 0.15) is 73.1 Å². The lowest BCUT2D eigenvalue weighted by Crippen LogP contribution is -2.12. The highest BCUT2D eigenvalue weighted by molar-refractivity contribution is 6.04. The van der Waals surface area contributed by atoms with Crippen molar-refractivity contribution in [1.82, 2.24) is 39.9 Å². The van der Waals surface area contributed by atoms with E-state index in [1.54, 1.807) is 0 Å². The van der Waals surface area contributed by atoms with Crippen molar-refractivity contribution in [1.29, 1.82) is 0 Å². The van der Waals surface area contributed by atoms with E-state index in [1.165, 1.54) is 24.0 Å². The molecule has 4 aliphatic rings. The van der Waals surface area contributed by atoms with Gasteiger partial charge in [-0.3, -0.25) is 0 Å². The normalized spacial score (nSPS) is 19.7. The molecule has 1 saturated carbocycles. The van der Waals surface area contributed by atoms with E-state index in [9.17, 15) is 0 Å². The molecule has 3 aromatic heterocycles. The van der Waals surface area contributed by atoms with Gasteiger partial charge in [-0.05, 0) is 38.5 Å². The fourth-order valence-electron chi connectivity index (χ4n) is 7.15.